The summed E-state index contributed by atoms with van der Waals surface area (Å²) in [5, 5.41) is 1.77. The van der Waals surface area contributed by atoms with Crippen molar-refractivity contribution in [3.05, 3.63) is 62.8 Å². The van der Waals surface area contributed by atoms with Gasteiger partial charge in [-0.2, -0.15) is 8.78 Å². The van der Waals surface area contributed by atoms with Crippen molar-refractivity contribution in [2.45, 2.75) is 39.2 Å². The second-order valence-corrected chi connectivity index (χ2v) is 8.95. The van der Waals surface area contributed by atoms with Gasteiger partial charge >= 0.3 is 6.61 Å². The summed E-state index contributed by atoms with van der Waals surface area (Å²) in [4.78, 5) is 14.9. The highest BCUT2D eigenvalue weighted by atomic mass is 35.5. The zero-order valence-corrected chi connectivity index (χ0v) is 19.4. The molecule has 0 aliphatic carbocycles. The van der Waals surface area contributed by atoms with E-state index in [9.17, 15) is 13.6 Å². The van der Waals surface area contributed by atoms with Crippen LogP contribution in [0.4, 0.5) is 8.78 Å². The molecule has 1 aromatic heterocycles. The molecule has 0 bridgehead atoms. The monoisotopic (exact) mass is 480 g/mol. The summed E-state index contributed by atoms with van der Waals surface area (Å²) in [5.74, 6) is 0.0391. The number of carbonyl (C=O) groups excluding carboxylic acids is 1. The number of likely N-dealkylation sites (tertiary alicyclic amines) is 1. The Kier molecular flexibility index (Phi) is 6.63. The van der Waals surface area contributed by atoms with Crippen molar-refractivity contribution in [3.8, 4) is 5.75 Å². The van der Waals surface area contributed by atoms with Crippen molar-refractivity contribution in [1.29, 1.82) is 0 Å². The van der Waals surface area contributed by atoms with Gasteiger partial charge in [-0.1, -0.05) is 23.2 Å². The van der Waals surface area contributed by atoms with E-state index >= 15 is 0 Å². The molecular weight excluding hydrogens is 457 g/mol. The first-order valence-electron chi connectivity index (χ1n) is 10.6. The van der Waals surface area contributed by atoms with Gasteiger partial charge in [0.25, 0.3) is 5.91 Å². The van der Waals surface area contributed by atoms with Gasteiger partial charge < -0.3 is 14.2 Å². The molecule has 1 amide bonds. The van der Waals surface area contributed by atoms with Crippen LogP contribution in [0.3, 0.4) is 0 Å². The van der Waals surface area contributed by atoms with Crippen molar-refractivity contribution < 1.29 is 18.3 Å². The Morgan fingerprint density at radius 3 is 2.53 bits per heavy atom. The molecule has 8 heteroatoms. The quantitative estimate of drug-likeness (QED) is 0.411. The first kappa shape index (κ1) is 22.9. The number of alkyl halides is 2. The lowest BCUT2D eigenvalue weighted by molar-refractivity contribution is -0.0497. The van der Waals surface area contributed by atoms with Gasteiger partial charge in [0.2, 0.25) is 0 Å². The normalized spacial score (nSPS) is 14.4. The molecule has 1 aliphatic rings. The van der Waals surface area contributed by atoms with Crippen molar-refractivity contribution in [2.75, 3.05) is 13.1 Å². The standard InChI is InChI=1S/C24H24Cl2F2N2O2/c1-14-10-16(32-24(27)28)13-21-18(14)11-15(29(21)2)12-19-20(25)7-6-17(22(19)26)23(31)30-8-4-3-5-9-30/h6-7,10-11,13,24H,3-5,8-9,12H2,1-2H3. The zero-order chi connectivity index (χ0) is 23.0. The lowest BCUT2D eigenvalue weighted by Gasteiger charge is -2.27. The van der Waals surface area contributed by atoms with Gasteiger partial charge in [-0.25, -0.2) is 0 Å². The minimum atomic E-state index is -2.88. The van der Waals surface area contributed by atoms with Gasteiger partial charge in [-0.05, 0) is 61.6 Å². The second-order valence-electron chi connectivity index (χ2n) is 8.16. The van der Waals surface area contributed by atoms with Crippen LogP contribution in [0.5, 0.6) is 5.75 Å². The number of aryl methyl sites for hydroxylation is 2. The fraction of sp³-hybridized carbons (Fsp3) is 0.375. The van der Waals surface area contributed by atoms with Gasteiger partial charge in [0.15, 0.2) is 0 Å². The van der Waals surface area contributed by atoms with Gasteiger partial charge in [0.05, 0.1) is 16.1 Å². The van der Waals surface area contributed by atoms with E-state index < -0.39 is 6.61 Å². The fourth-order valence-corrected chi connectivity index (χ4v) is 4.93. The van der Waals surface area contributed by atoms with Crippen LogP contribution in [0, 0.1) is 6.92 Å². The highest BCUT2D eigenvalue weighted by Gasteiger charge is 2.23. The number of halogens is 4. The minimum absolute atomic E-state index is 0.0747. The van der Waals surface area contributed by atoms with E-state index in [-0.39, 0.29) is 11.7 Å². The Hall–Kier alpha value is -2.31. The lowest BCUT2D eigenvalue weighted by atomic mass is 10.0. The molecule has 3 aromatic rings. The van der Waals surface area contributed by atoms with Crippen LogP contribution in [-0.4, -0.2) is 35.1 Å². The van der Waals surface area contributed by atoms with E-state index in [1.165, 1.54) is 0 Å². The topological polar surface area (TPSA) is 34.5 Å². The first-order valence-corrected chi connectivity index (χ1v) is 11.3. The number of hydrogen-bond acceptors (Lipinski definition) is 2. The number of benzene rings is 2. The summed E-state index contributed by atoms with van der Waals surface area (Å²) in [6, 6.07) is 8.57. The largest absolute Gasteiger partial charge is 0.435 e. The SMILES string of the molecule is Cc1cc(OC(F)F)cc2c1cc(Cc1c(Cl)ccc(C(=O)N3CCCCC3)c1Cl)n2C. The number of amides is 1. The number of ether oxygens (including phenoxy) is 1. The van der Waals surface area contributed by atoms with Crippen molar-refractivity contribution in [1.82, 2.24) is 9.47 Å². The third-order valence-corrected chi connectivity index (χ3v) is 6.87. The van der Waals surface area contributed by atoms with Crippen molar-refractivity contribution in [2.24, 2.45) is 7.05 Å². The molecule has 0 saturated carbocycles. The maximum Gasteiger partial charge on any atom is 0.387 e. The number of aromatic nitrogens is 1. The van der Waals surface area contributed by atoms with E-state index in [0.29, 0.717) is 27.6 Å². The smallest absolute Gasteiger partial charge is 0.387 e. The summed E-state index contributed by atoms with van der Waals surface area (Å²) in [7, 11) is 1.85. The van der Waals surface area contributed by atoms with Crippen LogP contribution in [0.1, 0.15) is 46.4 Å². The fourth-order valence-electron chi connectivity index (χ4n) is 4.34. The molecule has 0 N–H and O–H groups in total. The maximum atomic E-state index is 13.0. The molecule has 0 unspecified atom stereocenters. The maximum absolute atomic E-state index is 13.0. The number of fused-ring (bicyclic) bond motifs is 1. The van der Waals surface area contributed by atoms with Gasteiger partial charge in [0.1, 0.15) is 5.75 Å². The number of rotatable bonds is 5. The van der Waals surface area contributed by atoms with Crippen LogP contribution in [0.2, 0.25) is 10.0 Å². The zero-order valence-electron chi connectivity index (χ0n) is 17.9. The number of carbonyl (C=O) groups is 1. The van der Waals surface area contributed by atoms with Crippen molar-refractivity contribution in [3.63, 3.8) is 0 Å². The predicted molar refractivity (Wildman–Crippen MR) is 123 cm³/mol. The van der Waals surface area contributed by atoms with Gasteiger partial charge in [0, 0.05) is 48.7 Å². The summed E-state index contributed by atoms with van der Waals surface area (Å²) < 4.78 is 31.9. The highest BCUT2D eigenvalue weighted by molar-refractivity contribution is 6.38. The average Bonchev–Trinajstić information content (AvgIpc) is 3.07. The molecule has 4 rings (SSSR count). The molecule has 0 radical (unpaired) electrons. The Balaban J connectivity index is 1.70. The molecule has 0 atom stereocenters. The first-order chi connectivity index (χ1) is 15.3. The minimum Gasteiger partial charge on any atom is -0.435 e. The summed E-state index contributed by atoms with van der Waals surface area (Å²) in [5.41, 5.74) is 3.61. The molecular formula is C24H24Cl2F2N2O2. The van der Waals surface area contributed by atoms with E-state index in [0.717, 1.165) is 54.5 Å². The molecule has 0 spiro atoms. The second kappa shape index (κ2) is 9.28. The van der Waals surface area contributed by atoms with Gasteiger partial charge in [-0.15, -0.1) is 0 Å². The molecule has 2 aromatic carbocycles. The summed E-state index contributed by atoms with van der Waals surface area (Å²) in [6.07, 6.45) is 3.52. The lowest BCUT2D eigenvalue weighted by Crippen LogP contribution is -2.35. The third kappa shape index (κ3) is 4.44. The van der Waals surface area contributed by atoms with Gasteiger partial charge in [-0.3, -0.25) is 4.79 Å². The average molecular weight is 481 g/mol. The Morgan fingerprint density at radius 2 is 1.84 bits per heavy atom. The van der Waals surface area contributed by atoms with Crippen LogP contribution in [-0.2, 0) is 13.5 Å². The van der Waals surface area contributed by atoms with E-state index in [2.05, 4.69) is 4.74 Å². The number of hydrogen-bond donors (Lipinski definition) is 0. The van der Waals surface area contributed by atoms with E-state index in [1.54, 1.807) is 24.3 Å². The molecule has 4 nitrogen and oxygen atoms in total. The van der Waals surface area contributed by atoms with Crippen LogP contribution < -0.4 is 4.74 Å². The molecule has 1 fully saturated rings. The Morgan fingerprint density at radius 1 is 1.12 bits per heavy atom. The van der Waals surface area contributed by atoms with Crippen LogP contribution in [0.15, 0.2) is 30.3 Å². The third-order valence-electron chi connectivity index (χ3n) is 6.08. The summed E-state index contributed by atoms with van der Waals surface area (Å²) >= 11 is 13.2. The molecule has 170 valence electrons. The molecule has 32 heavy (non-hydrogen) atoms. The highest BCUT2D eigenvalue weighted by Crippen LogP contribution is 2.34. The Labute approximate surface area is 195 Å². The van der Waals surface area contributed by atoms with Crippen LogP contribution in [0.25, 0.3) is 10.9 Å². The molecule has 1 saturated heterocycles. The van der Waals surface area contributed by atoms with Crippen LogP contribution >= 0.6 is 23.2 Å². The number of piperidine rings is 1. The predicted octanol–water partition coefficient (Wildman–Crippen LogP) is 6.61. The number of nitrogens with zero attached hydrogens (tertiary/aromatic N) is 2. The summed E-state index contributed by atoms with van der Waals surface area (Å²) in [6.45, 7) is 0.434. The van der Waals surface area contributed by atoms with E-state index in [4.69, 9.17) is 23.2 Å². The Bertz CT molecular complexity index is 1170. The van der Waals surface area contributed by atoms with Crippen molar-refractivity contribution >= 4 is 40.0 Å². The molecule has 2 heterocycles. The molecule has 1 aliphatic heterocycles. The van der Waals surface area contributed by atoms with E-state index in [1.807, 2.05) is 29.5 Å².